The van der Waals surface area contributed by atoms with Gasteiger partial charge in [0.25, 0.3) is 0 Å². The van der Waals surface area contributed by atoms with Crippen LogP contribution in [-0.4, -0.2) is 27.4 Å². The van der Waals surface area contributed by atoms with Crippen LogP contribution < -0.4 is 4.74 Å². The van der Waals surface area contributed by atoms with Crippen LogP contribution in [0.2, 0.25) is 19.6 Å². The van der Waals surface area contributed by atoms with Crippen LogP contribution in [0.25, 0.3) is 6.08 Å². The van der Waals surface area contributed by atoms with E-state index in [4.69, 9.17) is 10.00 Å². The van der Waals surface area contributed by atoms with Crippen molar-refractivity contribution in [1.82, 2.24) is 0 Å². The van der Waals surface area contributed by atoms with E-state index >= 15 is 0 Å². The van der Waals surface area contributed by atoms with Crippen LogP contribution in [0.3, 0.4) is 0 Å². The van der Waals surface area contributed by atoms with Gasteiger partial charge in [0.05, 0.1) is 21.4 Å². The summed E-state index contributed by atoms with van der Waals surface area (Å²) in [5.74, 6) is 0.160. The summed E-state index contributed by atoms with van der Waals surface area (Å²) in [6, 6.07) is 9.10. The zero-order valence-electron chi connectivity index (χ0n) is 12.3. The molecule has 106 valence electrons. The maximum absolute atomic E-state index is 11.3. The third-order valence-corrected chi connectivity index (χ3v) is 3.40. The van der Waals surface area contributed by atoms with Gasteiger partial charge in [0.2, 0.25) is 0 Å². The maximum atomic E-state index is 11.3. The van der Waals surface area contributed by atoms with Crippen LogP contribution in [0.5, 0.6) is 5.75 Å². The highest BCUT2D eigenvalue weighted by atomic mass is 28.3. The molecule has 0 atom stereocenters. The van der Waals surface area contributed by atoms with E-state index in [0.717, 1.165) is 17.5 Å². The Hall–Kier alpha value is -2.06. The van der Waals surface area contributed by atoms with E-state index in [1.807, 2.05) is 18.2 Å². The van der Waals surface area contributed by atoms with Crippen molar-refractivity contribution in [2.24, 2.45) is 0 Å². The van der Waals surface area contributed by atoms with Crippen molar-refractivity contribution in [1.29, 1.82) is 5.26 Å². The third-order valence-electron chi connectivity index (χ3n) is 2.39. The summed E-state index contributed by atoms with van der Waals surface area (Å²) in [6.07, 6.45) is 2.25. The summed E-state index contributed by atoms with van der Waals surface area (Å²) in [6.45, 7) is 6.71. The van der Waals surface area contributed by atoms with E-state index in [1.165, 1.54) is 13.2 Å². The molecule has 0 radical (unpaired) electrons. The number of hydrogen-bond donors (Lipinski definition) is 0. The van der Waals surface area contributed by atoms with Crippen molar-refractivity contribution in [3.63, 3.8) is 0 Å². The Labute approximate surface area is 120 Å². The van der Waals surface area contributed by atoms with E-state index < -0.39 is 14.0 Å². The lowest BCUT2D eigenvalue weighted by Gasteiger charge is -2.16. The highest BCUT2D eigenvalue weighted by Gasteiger charge is 2.14. The molecule has 1 rings (SSSR count). The Kier molecular flexibility index (Phi) is 5.53. The number of nitrogens with zero attached hydrogens (tertiary/aromatic N) is 1. The van der Waals surface area contributed by atoms with Gasteiger partial charge in [-0.1, -0.05) is 31.8 Å². The zero-order valence-corrected chi connectivity index (χ0v) is 13.3. The minimum atomic E-state index is -1.24. The number of methoxy groups -OCH3 is 1. The van der Waals surface area contributed by atoms with E-state index in [0.29, 0.717) is 0 Å². The fourth-order valence-electron chi connectivity index (χ4n) is 1.37. The van der Waals surface area contributed by atoms with E-state index in [1.54, 1.807) is 12.1 Å². The van der Waals surface area contributed by atoms with Crippen molar-refractivity contribution >= 4 is 20.1 Å². The Balaban J connectivity index is 2.79. The van der Waals surface area contributed by atoms with Crippen molar-refractivity contribution in [3.05, 3.63) is 35.4 Å². The lowest BCUT2D eigenvalue weighted by Crippen LogP contribution is -2.29. The first kappa shape index (κ1) is 16.0. The summed E-state index contributed by atoms with van der Waals surface area (Å²) >= 11 is 0. The van der Waals surface area contributed by atoms with Gasteiger partial charge in [0, 0.05) is 0 Å². The fourth-order valence-corrected chi connectivity index (χ4v) is 1.97. The van der Waals surface area contributed by atoms with Crippen LogP contribution in [0.1, 0.15) is 5.56 Å². The van der Waals surface area contributed by atoms with Gasteiger partial charge < -0.3 is 9.47 Å². The molecule has 0 aliphatic heterocycles. The molecule has 4 nitrogen and oxygen atoms in total. The summed E-state index contributed by atoms with van der Waals surface area (Å²) in [7, 11) is 0.00702. The van der Waals surface area contributed by atoms with Gasteiger partial charge in [-0.15, -0.1) is 0 Å². The molecular weight excluding hydrogens is 270 g/mol. The number of nitriles is 1. The molecule has 0 fully saturated rings. The number of carbonyl (C=O) groups is 1. The van der Waals surface area contributed by atoms with Crippen LogP contribution >= 0.6 is 0 Å². The van der Waals surface area contributed by atoms with Gasteiger partial charge in [-0.2, -0.15) is 5.26 Å². The lowest BCUT2D eigenvalue weighted by molar-refractivity contribution is -0.135. The highest BCUT2D eigenvalue weighted by molar-refractivity contribution is 6.76. The van der Waals surface area contributed by atoms with Crippen molar-refractivity contribution in [2.75, 3.05) is 13.3 Å². The smallest absolute Gasteiger partial charge is 0.348 e. The SMILES string of the molecule is COC(=O)/C(C#N)=C\c1ccc(OC[Si](C)(C)C)cc1. The summed E-state index contributed by atoms with van der Waals surface area (Å²) in [5.41, 5.74) is 0.732. The molecule has 0 N–H and O–H groups in total. The molecular formula is C15H19NO3Si. The van der Waals surface area contributed by atoms with Crippen LogP contribution in [0, 0.1) is 11.3 Å². The minimum Gasteiger partial charge on any atom is -0.497 e. The molecule has 0 aliphatic rings. The topological polar surface area (TPSA) is 59.3 Å². The Bertz CT molecular complexity index is 536. The molecule has 5 heteroatoms. The molecule has 0 unspecified atom stereocenters. The second-order valence-corrected chi connectivity index (χ2v) is 11.0. The van der Waals surface area contributed by atoms with Gasteiger partial charge in [-0.25, -0.2) is 4.79 Å². The van der Waals surface area contributed by atoms with E-state index in [9.17, 15) is 4.79 Å². The second-order valence-electron chi connectivity index (χ2n) is 5.58. The molecule has 0 heterocycles. The minimum absolute atomic E-state index is 0.0248. The average molecular weight is 289 g/mol. The Morgan fingerprint density at radius 3 is 2.35 bits per heavy atom. The standard InChI is InChI=1S/C15H19NO3Si/c1-18-15(17)13(10-16)9-12-5-7-14(8-6-12)19-11-20(2,3)4/h5-9H,11H2,1-4H3/b13-9-. The van der Waals surface area contributed by atoms with Crippen LogP contribution in [0.4, 0.5) is 0 Å². The molecule has 0 bridgehead atoms. The molecule has 0 spiro atoms. The quantitative estimate of drug-likeness (QED) is 0.362. The maximum Gasteiger partial charge on any atom is 0.348 e. The first-order chi connectivity index (χ1) is 9.35. The first-order valence-electron chi connectivity index (χ1n) is 6.29. The first-order valence-corrected chi connectivity index (χ1v) is 9.99. The highest BCUT2D eigenvalue weighted by Crippen LogP contribution is 2.16. The normalized spacial score (nSPS) is 11.7. The molecule has 0 saturated heterocycles. The molecule has 1 aromatic rings. The average Bonchev–Trinajstić information content (AvgIpc) is 2.42. The Morgan fingerprint density at radius 2 is 1.90 bits per heavy atom. The number of carbonyl (C=O) groups excluding carboxylic acids is 1. The molecule has 20 heavy (non-hydrogen) atoms. The zero-order chi connectivity index (χ0) is 15.2. The van der Waals surface area contributed by atoms with Crippen molar-refractivity contribution in [2.45, 2.75) is 19.6 Å². The van der Waals surface area contributed by atoms with Crippen LogP contribution in [0.15, 0.2) is 29.8 Å². The largest absolute Gasteiger partial charge is 0.497 e. The van der Waals surface area contributed by atoms with Crippen LogP contribution in [-0.2, 0) is 9.53 Å². The van der Waals surface area contributed by atoms with Gasteiger partial charge >= 0.3 is 5.97 Å². The predicted octanol–water partition coefficient (Wildman–Crippen LogP) is 3.02. The molecule has 0 aromatic heterocycles. The summed E-state index contributed by atoms with van der Waals surface area (Å²) < 4.78 is 10.2. The molecule has 1 aromatic carbocycles. The number of ether oxygens (including phenoxy) is 2. The lowest BCUT2D eigenvalue weighted by atomic mass is 10.1. The molecule has 0 saturated carbocycles. The van der Waals surface area contributed by atoms with Gasteiger partial charge in [0.1, 0.15) is 17.4 Å². The Morgan fingerprint density at radius 1 is 1.30 bits per heavy atom. The molecule has 0 amide bonds. The fraction of sp³-hybridized carbons (Fsp3) is 0.333. The van der Waals surface area contributed by atoms with E-state index in [2.05, 4.69) is 24.4 Å². The van der Waals surface area contributed by atoms with Gasteiger partial charge in [-0.05, 0) is 23.8 Å². The third kappa shape index (κ3) is 5.29. The number of esters is 1. The monoisotopic (exact) mass is 289 g/mol. The van der Waals surface area contributed by atoms with Gasteiger partial charge in [0.15, 0.2) is 0 Å². The number of hydrogen-bond acceptors (Lipinski definition) is 4. The predicted molar refractivity (Wildman–Crippen MR) is 80.9 cm³/mol. The van der Waals surface area contributed by atoms with E-state index in [-0.39, 0.29) is 5.57 Å². The van der Waals surface area contributed by atoms with Crippen molar-refractivity contribution < 1.29 is 14.3 Å². The second kappa shape index (κ2) is 6.92. The van der Waals surface area contributed by atoms with Crippen molar-refractivity contribution in [3.8, 4) is 11.8 Å². The number of rotatable bonds is 5. The summed E-state index contributed by atoms with van der Waals surface area (Å²) in [4.78, 5) is 11.3. The molecule has 0 aliphatic carbocycles. The summed E-state index contributed by atoms with van der Waals surface area (Å²) in [5, 5.41) is 8.88. The number of benzene rings is 1. The van der Waals surface area contributed by atoms with Gasteiger partial charge in [-0.3, -0.25) is 0 Å².